The summed E-state index contributed by atoms with van der Waals surface area (Å²) in [6.45, 7) is 16.2. The van der Waals surface area contributed by atoms with Gasteiger partial charge in [0.2, 0.25) is 0 Å². The topological polar surface area (TPSA) is 27.7 Å². The van der Waals surface area contributed by atoms with Gasteiger partial charge in [0.05, 0.1) is 0 Å². The van der Waals surface area contributed by atoms with Gasteiger partial charge in [-0.05, 0) is 46.0 Å². The molecule has 0 rings (SSSR count). The first-order chi connectivity index (χ1) is 9.10. The molecule has 0 aromatic heterocycles. The summed E-state index contributed by atoms with van der Waals surface area (Å²) in [5.74, 6) is 0.533. The molecule has 0 N–H and O–H groups in total. The number of rotatable bonds is 12. The second-order valence-corrected chi connectivity index (χ2v) is 7.69. The van der Waals surface area contributed by atoms with Crippen molar-refractivity contribution in [1.82, 2.24) is 0 Å². The van der Waals surface area contributed by atoms with Gasteiger partial charge in [-0.3, -0.25) is 0 Å². The summed E-state index contributed by atoms with van der Waals surface area (Å²) in [4.78, 5) is 0. The highest BCUT2D eigenvalue weighted by molar-refractivity contribution is 6.62. The molecule has 0 heterocycles. The van der Waals surface area contributed by atoms with Crippen LogP contribution in [-0.2, 0) is 13.3 Å². The first kappa shape index (κ1) is 18.8. The molecular weight excluding hydrogens is 256 g/mol. The Bertz CT molecular complexity index is 216. The smallest absolute Gasteiger partial charge is 0.374 e. The summed E-state index contributed by atoms with van der Waals surface area (Å²) in [5, 5.41) is 0. The van der Waals surface area contributed by atoms with Gasteiger partial charge in [0.25, 0.3) is 0 Å². The minimum Gasteiger partial charge on any atom is -0.374 e. The van der Waals surface area contributed by atoms with Gasteiger partial charge in [-0.25, -0.2) is 0 Å². The lowest BCUT2D eigenvalue weighted by Crippen LogP contribution is -2.50. The highest BCUT2D eigenvalue weighted by Crippen LogP contribution is 2.34. The third-order valence-electron chi connectivity index (χ3n) is 3.40. The highest BCUT2D eigenvalue weighted by atomic mass is 28.4. The van der Waals surface area contributed by atoms with Gasteiger partial charge in [0, 0.05) is 25.4 Å². The van der Waals surface area contributed by atoms with E-state index in [1.54, 1.807) is 0 Å². The molecule has 0 aromatic carbocycles. The van der Waals surface area contributed by atoms with Crippen molar-refractivity contribution >= 4 is 8.80 Å². The summed E-state index contributed by atoms with van der Waals surface area (Å²) in [6.07, 6.45) is 5.24. The maximum Gasteiger partial charge on any atom is 0.504 e. The van der Waals surface area contributed by atoms with Gasteiger partial charge < -0.3 is 13.3 Å². The number of allylic oxidation sites excluding steroid dienone is 1. The molecule has 0 aliphatic rings. The van der Waals surface area contributed by atoms with Crippen LogP contribution < -0.4 is 0 Å². The lowest BCUT2D eigenvalue weighted by molar-refractivity contribution is 0.0586. The van der Waals surface area contributed by atoms with Gasteiger partial charge in [0.1, 0.15) is 0 Å². The van der Waals surface area contributed by atoms with Crippen molar-refractivity contribution in [2.75, 3.05) is 19.8 Å². The molecule has 4 heteroatoms. The Labute approximate surface area is 120 Å². The maximum absolute atomic E-state index is 6.00. The summed E-state index contributed by atoms with van der Waals surface area (Å²) in [6, 6.07) is 0. The van der Waals surface area contributed by atoms with Gasteiger partial charge >= 0.3 is 8.80 Å². The number of hydrogen-bond acceptors (Lipinski definition) is 3. The van der Waals surface area contributed by atoms with Crippen LogP contribution in [0.3, 0.4) is 0 Å². The predicted molar refractivity (Wildman–Crippen MR) is 83.3 cm³/mol. The molecule has 19 heavy (non-hydrogen) atoms. The number of hydrogen-bond donors (Lipinski definition) is 0. The van der Waals surface area contributed by atoms with Crippen molar-refractivity contribution in [3.05, 3.63) is 12.7 Å². The van der Waals surface area contributed by atoms with E-state index in [0.717, 1.165) is 19.3 Å². The summed E-state index contributed by atoms with van der Waals surface area (Å²) in [7, 11) is -2.54. The molecule has 0 aromatic rings. The molecule has 0 saturated carbocycles. The maximum atomic E-state index is 6.00. The van der Waals surface area contributed by atoms with Crippen molar-refractivity contribution in [2.45, 2.75) is 59.4 Å². The molecule has 0 radical (unpaired) electrons. The molecule has 3 nitrogen and oxygen atoms in total. The van der Waals surface area contributed by atoms with E-state index >= 15 is 0 Å². The second-order valence-electron chi connectivity index (χ2n) is 4.80. The Morgan fingerprint density at radius 1 is 0.947 bits per heavy atom. The van der Waals surface area contributed by atoms with E-state index in [-0.39, 0.29) is 0 Å². The minimum absolute atomic E-state index is 0.384. The third kappa shape index (κ3) is 6.21. The fourth-order valence-electron chi connectivity index (χ4n) is 2.29. The van der Waals surface area contributed by atoms with Crippen LogP contribution in [0.4, 0.5) is 0 Å². The molecular formula is C15H32O3Si. The van der Waals surface area contributed by atoms with E-state index in [0.29, 0.717) is 31.3 Å². The molecule has 2 atom stereocenters. The molecule has 0 aliphatic carbocycles. The highest BCUT2D eigenvalue weighted by Gasteiger charge is 2.47. The zero-order chi connectivity index (χ0) is 14.7. The van der Waals surface area contributed by atoms with Crippen molar-refractivity contribution in [3.63, 3.8) is 0 Å². The average Bonchev–Trinajstić information content (AvgIpc) is 2.40. The largest absolute Gasteiger partial charge is 0.504 e. The van der Waals surface area contributed by atoms with Crippen LogP contribution >= 0.6 is 0 Å². The van der Waals surface area contributed by atoms with E-state index in [2.05, 4.69) is 20.4 Å². The quantitative estimate of drug-likeness (QED) is 0.393. The molecule has 0 spiro atoms. The molecule has 0 bridgehead atoms. The summed E-state index contributed by atoms with van der Waals surface area (Å²) in [5.41, 5.74) is 0.384. The van der Waals surface area contributed by atoms with E-state index in [1.165, 1.54) is 0 Å². The van der Waals surface area contributed by atoms with Crippen molar-refractivity contribution in [1.29, 1.82) is 0 Å². The van der Waals surface area contributed by atoms with E-state index in [9.17, 15) is 0 Å². The van der Waals surface area contributed by atoms with Gasteiger partial charge in [-0.15, -0.1) is 6.58 Å². The SMILES string of the molecule is C=CC(C)CCC(CC)[Si](OCC)(OCC)OCC. The second kappa shape index (κ2) is 10.6. The standard InChI is InChI=1S/C15H32O3Si/c1-7-14(6)12-13-15(8-2)19(16-9-3,17-10-4)18-11-5/h7,14-15H,1,8-13H2,2-6H3. The van der Waals surface area contributed by atoms with Gasteiger partial charge in [-0.1, -0.05) is 19.9 Å². The van der Waals surface area contributed by atoms with E-state index in [1.807, 2.05) is 26.8 Å². The Morgan fingerprint density at radius 3 is 1.74 bits per heavy atom. The monoisotopic (exact) mass is 288 g/mol. The van der Waals surface area contributed by atoms with Crippen molar-refractivity contribution < 1.29 is 13.3 Å². The fraction of sp³-hybridized carbons (Fsp3) is 0.867. The van der Waals surface area contributed by atoms with Crippen LogP contribution in [-0.4, -0.2) is 28.6 Å². The van der Waals surface area contributed by atoms with Crippen molar-refractivity contribution in [3.8, 4) is 0 Å². The first-order valence-corrected chi connectivity index (χ1v) is 9.44. The Morgan fingerprint density at radius 2 is 1.42 bits per heavy atom. The molecule has 114 valence electrons. The normalized spacial score (nSPS) is 15.2. The Hall–Kier alpha value is -0.163. The van der Waals surface area contributed by atoms with Crippen LogP contribution in [0.25, 0.3) is 0 Å². The van der Waals surface area contributed by atoms with Gasteiger partial charge in [-0.2, -0.15) is 0 Å². The Balaban J connectivity index is 4.86. The summed E-state index contributed by atoms with van der Waals surface area (Å²) < 4.78 is 18.0. The lowest BCUT2D eigenvalue weighted by Gasteiger charge is -2.35. The summed E-state index contributed by atoms with van der Waals surface area (Å²) >= 11 is 0. The van der Waals surface area contributed by atoms with Crippen LogP contribution in [0.1, 0.15) is 53.9 Å². The lowest BCUT2D eigenvalue weighted by atomic mass is 10.0. The third-order valence-corrected chi connectivity index (χ3v) is 7.17. The molecule has 0 fully saturated rings. The van der Waals surface area contributed by atoms with E-state index < -0.39 is 8.80 Å². The first-order valence-electron chi connectivity index (χ1n) is 7.64. The molecule has 0 saturated heterocycles. The molecule has 2 unspecified atom stereocenters. The molecule has 0 aliphatic heterocycles. The van der Waals surface area contributed by atoms with Crippen molar-refractivity contribution in [2.24, 2.45) is 5.92 Å². The Kier molecular flexibility index (Phi) is 10.5. The van der Waals surface area contributed by atoms with Gasteiger partial charge in [0.15, 0.2) is 0 Å². The van der Waals surface area contributed by atoms with E-state index in [4.69, 9.17) is 13.3 Å². The average molecular weight is 289 g/mol. The van der Waals surface area contributed by atoms with Crippen LogP contribution in [0.5, 0.6) is 0 Å². The fourth-order valence-corrected chi connectivity index (χ4v) is 5.48. The minimum atomic E-state index is -2.54. The van der Waals surface area contributed by atoms with Crippen LogP contribution in [0.2, 0.25) is 5.54 Å². The van der Waals surface area contributed by atoms with Crippen LogP contribution in [0.15, 0.2) is 12.7 Å². The zero-order valence-corrected chi connectivity index (χ0v) is 14.4. The zero-order valence-electron chi connectivity index (χ0n) is 13.4. The molecule has 0 amide bonds. The predicted octanol–water partition coefficient (Wildman–Crippen LogP) is 4.42. The van der Waals surface area contributed by atoms with Crippen LogP contribution in [0, 0.1) is 5.92 Å².